The van der Waals surface area contributed by atoms with Crippen LogP contribution in [0.5, 0.6) is 5.75 Å². The number of aromatic hydroxyl groups is 1. The molecule has 0 amide bonds. The highest BCUT2D eigenvalue weighted by Gasteiger charge is 2.27. The van der Waals surface area contributed by atoms with Gasteiger partial charge in [-0.25, -0.2) is 0 Å². The Bertz CT molecular complexity index is 600. The summed E-state index contributed by atoms with van der Waals surface area (Å²) in [6, 6.07) is 7.08. The number of benzene rings is 1. The van der Waals surface area contributed by atoms with Gasteiger partial charge in [0.25, 0.3) is 0 Å². The van der Waals surface area contributed by atoms with Gasteiger partial charge in [-0.05, 0) is 31.0 Å². The minimum atomic E-state index is -0.766. The molecule has 1 unspecified atom stereocenters. The van der Waals surface area contributed by atoms with E-state index >= 15 is 0 Å². The molecular formula is C13H13NO3. The van der Waals surface area contributed by atoms with Gasteiger partial charge in [0.15, 0.2) is 0 Å². The number of phenolic OH excluding ortho intramolecular Hbond substituents is 1. The number of aliphatic carboxylic acids is 1. The maximum Gasteiger partial charge on any atom is 0.312 e. The first-order valence-electron chi connectivity index (χ1n) is 5.72. The second-order valence-electron chi connectivity index (χ2n) is 4.50. The van der Waals surface area contributed by atoms with Crippen LogP contribution in [0.3, 0.4) is 0 Å². The van der Waals surface area contributed by atoms with Gasteiger partial charge < -0.3 is 14.8 Å². The summed E-state index contributed by atoms with van der Waals surface area (Å²) in [5.74, 6) is -0.966. The molecule has 2 heterocycles. The zero-order chi connectivity index (χ0) is 12.0. The average Bonchev–Trinajstić information content (AvgIpc) is 2.66. The van der Waals surface area contributed by atoms with Gasteiger partial charge in [0.05, 0.1) is 11.4 Å². The van der Waals surface area contributed by atoms with E-state index < -0.39 is 11.9 Å². The number of fused-ring (bicyclic) bond motifs is 3. The molecular weight excluding hydrogens is 218 g/mol. The smallest absolute Gasteiger partial charge is 0.312 e. The molecule has 0 fully saturated rings. The van der Waals surface area contributed by atoms with Crippen LogP contribution < -0.4 is 0 Å². The number of carbonyl (C=O) groups is 1. The number of aromatic nitrogens is 1. The lowest BCUT2D eigenvalue weighted by Crippen LogP contribution is -2.21. The van der Waals surface area contributed by atoms with E-state index in [-0.39, 0.29) is 5.75 Å². The highest BCUT2D eigenvalue weighted by molar-refractivity contribution is 5.86. The van der Waals surface area contributed by atoms with Crippen LogP contribution >= 0.6 is 0 Å². The molecule has 0 bridgehead atoms. The third-order valence-corrected chi connectivity index (χ3v) is 3.45. The van der Waals surface area contributed by atoms with Crippen LogP contribution in [0, 0.1) is 0 Å². The van der Waals surface area contributed by atoms with Gasteiger partial charge in [-0.15, -0.1) is 0 Å². The molecule has 17 heavy (non-hydrogen) atoms. The van der Waals surface area contributed by atoms with Crippen molar-refractivity contribution in [2.45, 2.75) is 25.3 Å². The van der Waals surface area contributed by atoms with Crippen LogP contribution in [0.4, 0.5) is 0 Å². The Morgan fingerprint density at radius 3 is 2.94 bits per heavy atom. The van der Waals surface area contributed by atoms with E-state index in [4.69, 9.17) is 0 Å². The number of hydrogen-bond acceptors (Lipinski definition) is 2. The van der Waals surface area contributed by atoms with Gasteiger partial charge in [0.1, 0.15) is 5.75 Å². The van der Waals surface area contributed by atoms with Crippen LogP contribution in [-0.4, -0.2) is 20.7 Å². The predicted molar refractivity (Wildman–Crippen MR) is 63.2 cm³/mol. The van der Waals surface area contributed by atoms with Crippen molar-refractivity contribution in [3.8, 4) is 5.75 Å². The minimum Gasteiger partial charge on any atom is -0.508 e. The van der Waals surface area contributed by atoms with Crippen LogP contribution in [0.1, 0.15) is 24.5 Å². The molecule has 0 saturated carbocycles. The molecule has 2 N–H and O–H groups in total. The quantitative estimate of drug-likeness (QED) is 0.791. The van der Waals surface area contributed by atoms with Crippen molar-refractivity contribution >= 4 is 16.9 Å². The maximum atomic E-state index is 11.2. The molecule has 4 heteroatoms. The number of carboxylic acid groups (broad SMARTS) is 1. The Balaban J connectivity index is 2.25. The van der Waals surface area contributed by atoms with Crippen molar-refractivity contribution < 1.29 is 15.0 Å². The number of aryl methyl sites for hydroxylation is 1. The Hall–Kier alpha value is -1.97. The van der Waals surface area contributed by atoms with Crippen molar-refractivity contribution in [1.82, 2.24) is 4.57 Å². The van der Waals surface area contributed by atoms with E-state index in [1.807, 2.05) is 16.7 Å². The first-order chi connectivity index (χ1) is 8.16. The highest BCUT2D eigenvalue weighted by atomic mass is 16.4. The Kier molecular flexibility index (Phi) is 2.11. The summed E-state index contributed by atoms with van der Waals surface area (Å²) in [4.78, 5) is 11.2. The lowest BCUT2D eigenvalue weighted by atomic mass is 9.96. The number of phenols is 1. The molecule has 2 aromatic rings. The lowest BCUT2D eigenvalue weighted by Gasteiger charge is -2.22. The number of rotatable bonds is 1. The molecule has 1 aliphatic heterocycles. The average molecular weight is 231 g/mol. The maximum absolute atomic E-state index is 11.2. The van der Waals surface area contributed by atoms with Crippen LogP contribution in [0.15, 0.2) is 24.3 Å². The molecule has 0 spiro atoms. The highest BCUT2D eigenvalue weighted by Crippen LogP contribution is 2.34. The van der Waals surface area contributed by atoms with Crippen molar-refractivity contribution in [1.29, 1.82) is 0 Å². The predicted octanol–water partition coefficient (Wildman–Crippen LogP) is 2.31. The summed E-state index contributed by atoms with van der Waals surface area (Å²) in [6.45, 7) is 0.825. The van der Waals surface area contributed by atoms with E-state index in [9.17, 15) is 15.0 Å². The van der Waals surface area contributed by atoms with Crippen LogP contribution in [-0.2, 0) is 11.3 Å². The molecule has 88 valence electrons. The largest absolute Gasteiger partial charge is 0.508 e. The zero-order valence-corrected chi connectivity index (χ0v) is 9.26. The third-order valence-electron chi connectivity index (χ3n) is 3.45. The van der Waals surface area contributed by atoms with Gasteiger partial charge in [-0.1, -0.05) is 0 Å². The molecule has 0 aliphatic carbocycles. The molecule has 1 aliphatic rings. The first-order valence-corrected chi connectivity index (χ1v) is 5.72. The van der Waals surface area contributed by atoms with Crippen molar-refractivity contribution in [3.05, 3.63) is 30.0 Å². The molecule has 1 aromatic heterocycles. The second-order valence-corrected chi connectivity index (χ2v) is 4.50. The Morgan fingerprint density at radius 2 is 2.18 bits per heavy atom. The first kappa shape index (κ1) is 10.2. The number of nitrogens with zero attached hydrogens (tertiary/aromatic N) is 1. The fourth-order valence-electron chi connectivity index (χ4n) is 2.65. The van der Waals surface area contributed by atoms with E-state index in [2.05, 4.69) is 0 Å². The standard InChI is InChI=1S/C13H13NO3/c15-9-4-3-8-6-12-10(13(16)17)2-1-5-14(12)11(8)7-9/h3-4,6-7,10,15H,1-2,5H2,(H,16,17). The normalized spacial score (nSPS) is 19.2. The second kappa shape index (κ2) is 3.52. The van der Waals surface area contributed by atoms with Gasteiger partial charge >= 0.3 is 5.97 Å². The van der Waals surface area contributed by atoms with Gasteiger partial charge in [0, 0.05) is 23.7 Å². The fraction of sp³-hybridized carbons (Fsp3) is 0.308. The number of carboxylic acids is 1. The summed E-state index contributed by atoms with van der Waals surface area (Å²) in [6.07, 6.45) is 1.56. The SMILES string of the molecule is O=C(O)C1CCCn2c1cc1ccc(O)cc12. The summed E-state index contributed by atoms with van der Waals surface area (Å²) >= 11 is 0. The topological polar surface area (TPSA) is 62.5 Å². The Labute approximate surface area is 98.1 Å². The lowest BCUT2D eigenvalue weighted by molar-refractivity contribution is -0.139. The van der Waals surface area contributed by atoms with Gasteiger partial charge in [0.2, 0.25) is 0 Å². The third kappa shape index (κ3) is 1.48. The van der Waals surface area contributed by atoms with E-state index in [1.54, 1.807) is 12.1 Å². The van der Waals surface area contributed by atoms with Gasteiger partial charge in [-0.2, -0.15) is 0 Å². The number of hydrogen-bond donors (Lipinski definition) is 2. The summed E-state index contributed by atoms with van der Waals surface area (Å²) < 4.78 is 2.01. The van der Waals surface area contributed by atoms with E-state index in [0.29, 0.717) is 6.42 Å². The van der Waals surface area contributed by atoms with Crippen molar-refractivity contribution in [2.24, 2.45) is 0 Å². The zero-order valence-electron chi connectivity index (χ0n) is 9.26. The summed E-state index contributed by atoms with van der Waals surface area (Å²) in [7, 11) is 0. The van der Waals surface area contributed by atoms with Crippen LogP contribution in [0.2, 0.25) is 0 Å². The fourth-order valence-corrected chi connectivity index (χ4v) is 2.65. The van der Waals surface area contributed by atoms with Crippen molar-refractivity contribution in [2.75, 3.05) is 0 Å². The molecule has 0 radical (unpaired) electrons. The summed E-state index contributed by atoms with van der Waals surface area (Å²) in [5.41, 5.74) is 1.77. The van der Waals surface area contributed by atoms with E-state index in [1.165, 1.54) is 0 Å². The molecule has 1 aromatic carbocycles. The minimum absolute atomic E-state index is 0.218. The molecule has 0 saturated heterocycles. The molecule has 3 rings (SSSR count). The monoisotopic (exact) mass is 231 g/mol. The van der Waals surface area contributed by atoms with E-state index in [0.717, 1.165) is 29.6 Å². The molecule has 1 atom stereocenters. The Morgan fingerprint density at radius 1 is 1.35 bits per heavy atom. The van der Waals surface area contributed by atoms with Gasteiger partial charge in [-0.3, -0.25) is 4.79 Å². The van der Waals surface area contributed by atoms with Crippen molar-refractivity contribution in [3.63, 3.8) is 0 Å². The van der Waals surface area contributed by atoms with Crippen LogP contribution in [0.25, 0.3) is 10.9 Å². The molecule has 4 nitrogen and oxygen atoms in total. The summed E-state index contributed by atoms with van der Waals surface area (Å²) in [5, 5.41) is 19.7.